The standard InChI is InChI=1S/C26H22ClNO2S2/c1-16(22-12-13-31-15-22)30-26(29)28-23-14-24(27)32-25(23)21-10-8-20(9-11-21)19-6-4-18(5-7-19)17-2-3-17/h4-17H,2-3H2,1H3,(H,28,29)/t16-/m1/s1. The van der Waals surface area contributed by atoms with E-state index in [4.69, 9.17) is 16.3 Å². The van der Waals surface area contributed by atoms with Crippen molar-refractivity contribution in [2.24, 2.45) is 0 Å². The molecule has 3 nitrogen and oxygen atoms in total. The number of halogens is 1. The molecule has 1 saturated carbocycles. The third-order valence-electron chi connectivity index (χ3n) is 5.68. The van der Waals surface area contributed by atoms with Crippen molar-refractivity contribution in [2.45, 2.75) is 31.8 Å². The summed E-state index contributed by atoms with van der Waals surface area (Å²) in [6.07, 6.45) is 1.82. The van der Waals surface area contributed by atoms with Crippen molar-refractivity contribution in [3.63, 3.8) is 0 Å². The second kappa shape index (κ2) is 9.10. The molecule has 2 aromatic carbocycles. The zero-order valence-electron chi connectivity index (χ0n) is 17.5. The number of hydrogen-bond donors (Lipinski definition) is 1. The van der Waals surface area contributed by atoms with Gasteiger partial charge in [0.2, 0.25) is 0 Å². The molecule has 2 heterocycles. The van der Waals surface area contributed by atoms with Gasteiger partial charge in [-0.3, -0.25) is 5.32 Å². The van der Waals surface area contributed by atoms with E-state index in [1.54, 1.807) is 17.4 Å². The molecule has 0 radical (unpaired) electrons. The first-order chi connectivity index (χ1) is 15.6. The lowest BCUT2D eigenvalue weighted by Crippen LogP contribution is -2.15. The number of rotatable bonds is 6. The highest BCUT2D eigenvalue weighted by Gasteiger charge is 2.23. The van der Waals surface area contributed by atoms with E-state index in [0.717, 1.165) is 27.5 Å². The lowest BCUT2D eigenvalue weighted by molar-refractivity contribution is 0.121. The Balaban J connectivity index is 1.31. The van der Waals surface area contributed by atoms with E-state index in [9.17, 15) is 4.79 Å². The largest absolute Gasteiger partial charge is 0.441 e. The van der Waals surface area contributed by atoms with Crippen molar-refractivity contribution in [3.8, 4) is 21.6 Å². The van der Waals surface area contributed by atoms with Crippen LogP contribution in [0.3, 0.4) is 0 Å². The van der Waals surface area contributed by atoms with Crippen LogP contribution in [0.1, 0.15) is 42.9 Å². The summed E-state index contributed by atoms with van der Waals surface area (Å²) in [5.74, 6) is 0.765. The van der Waals surface area contributed by atoms with Gasteiger partial charge >= 0.3 is 6.09 Å². The molecule has 0 saturated heterocycles. The highest BCUT2D eigenvalue weighted by Crippen LogP contribution is 2.41. The van der Waals surface area contributed by atoms with E-state index in [1.165, 1.54) is 35.3 Å². The van der Waals surface area contributed by atoms with Gasteiger partial charge in [0.25, 0.3) is 0 Å². The molecule has 0 bridgehead atoms. The summed E-state index contributed by atoms with van der Waals surface area (Å²) >= 11 is 9.30. The topological polar surface area (TPSA) is 38.3 Å². The number of nitrogens with one attached hydrogen (secondary N) is 1. The maximum atomic E-state index is 12.5. The Morgan fingerprint density at radius 1 is 1.03 bits per heavy atom. The fraction of sp³-hybridized carbons (Fsp3) is 0.192. The van der Waals surface area contributed by atoms with E-state index in [2.05, 4.69) is 53.8 Å². The molecule has 6 heteroatoms. The van der Waals surface area contributed by atoms with Crippen LogP contribution in [-0.4, -0.2) is 6.09 Å². The molecular weight excluding hydrogens is 458 g/mol. The summed E-state index contributed by atoms with van der Waals surface area (Å²) in [4.78, 5) is 13.4. The molecule has 4 aromatic rings. The Kier molecular flexibility index (Phi) is 6.05. The molecule has 0 spiro atoms. The molecule has 32 heavy (non-hydrogen) atoms. The van der Waals surface area contributed by atoms with Gasteiger partial charge in [-0.2, -0.15) is 11.3 Å². The van der Waals surface area contributed by atoms with Crippen molar-refractivity contribution < 1.29 is 9.53 Å². The lowest BCUT2D eigenvalue weighted by Gasteiger charge is -2.13. The number of anilines is 1. The minimum Gasteiger partial charge on any atom is -0.441 e. The Morgan fingerprint density at radius 2 is 1.69 bits per heavy atom. The summed E-state index contributed by atoms with van der Waals surface area (Å²) in [6, 6.07) is 20.9. The van der Waals surface area contributed by atoms with Crippen molar-refractivity contribution in [2.75, 3.05) is 5.32 Å². The molecular formula is C26H22ClNO2S2. The zero-order valence-corrected chi connectivity index (χ0v) is 19.9. The van der Waals surface area contributed by atoms with Crippen molar-refractivity contribution in [3.05, 3.63) is 86.9 Å². The van der Waals surface area contributed by atoms with Crippen molar-refractivity contribution in [1.82, 2.24) is 0 Å². The Bertz CT molecular complexity index is 1210. The van der Waals surface area contributed by atoms with Gasteiger partial charge in [0.15, 0.2) is 0 Å². The van der Waals surface area contributed by atoms with Gasteiger partial charge in [-0.1, -0.05) is 60.1 Å². The molecule has 0 aliphatic heterocycles. The lowest BCUT2D eigenvalue weighted by atomic mass is 10.0. The van der Waals surface area contributed by atoms with E-state index >= 15 is 0 Å². The highest BCUT2D eigenvalue weighted by molar-refractivity contribution is 7.20. The first kappa shape index (κ1) is 21.3. The van der Waals surface area contributed by atoms with Gasteiger partial charge in [-0.05, 0) is 70.8 Å². The molecule has 1 amide bonds. The second-order valence-electron chi connectivity index (χ2n) is 8.00. The number of carbonyl (C=O) groups excluding carboxylic acids is 1. The molecule has 1 aliphatic carbocycles. The number of carbonyl (C=O) groups is 1. The van der Waals surface area contributed by atoms with Crippen LogP contribution in [0.25, 0.3) is 21.6 Å². The first-order valence-electron chi connectivity index (χ1n) is 10.6. The minimum absolute atomic E-state index is 0.315. The van der Waals surface area contributed by atoms with Gasteiger partial charge in [-0.15, -0.1) is 11.3 Å². The minimum atomic E-state index is -0.494. The van der Waals surface area contributed by atoms with Gasteiger partial charge in [-0.25, -0.2) is 4.79 Å². The highest BCUT2D eigenvalue weighted by atomic mass is 35.5. The van der Waals surface area contributed by atoms with Crippen LogP contribution in [0.4, 0.5) is 10.5 Å². The number of hydrogen-bond acceptors (Lipinski definition) is 4. The normalized spacial score (nSPS) is 14.2. The van der Waals surface area contributed by atoms with E-state index < -0.39 is 6.09 Å². The van der Waals surface area contributed by atoms with Crippen LogP contribution < -0.4 is 5.32 Å². The Morgan fingerprint density at radius 3 is 2.31 bits per heavy atom. The maximum Gasteiger partial charge on any atom is 0.412 e. The summed E-state index contributed by atoms with van der Waals surface area (Å²) in [5.41, 5.74) is 6.45. The average Bonchev–Trinajstić information content (AvgIpc) is 3.37. The summed E-state index contributed by atoms with van der Waals surface area (Å²) in [5, 5.41) is 6.81. The number of amides is 1. The van der Waals surface area contributed by atoms with Crippen molar-refractivity contribution in [1.29, 1.82) is 0 Å². The molecule has 2 aromatic heterocycles. The smallest absolute Gasteiger partial charge is 0.412 e. The number of benzene rings is 2. The van der Waals surface area contributed by atoms with Crippen LogP contribution in [0.5, 0.6) is 0 Å². The molecule has 162 valence electrons. The predicted molar refractivity (Wildman–Crippen MR) is 135 cm³/mol. The molecule has 1 atom stereocenters. The van der Waals surface area contributed by atoms with E-state index in [-0.39, 0.29) is 6.10 Å². The van der Waals surface area contributed by atoms with E-state index in [0.29, 0.717) is 10.0 Å². The average molecular weight is 480 g/mol. The third kappa shape index (κ3) is 4.75. The molecule has 1 N–H and O–H groups in total. The number of ether oxygens (including phenoxy) is 1. The fourth-order valence-corrected chi connectivity index (χ4v) is 5.65. The van der Waals surface area contributed by atoms with Gasteiger partial charge in [0, 0.05) is 5.56 Å². The van der Waals surface area contributed by atoms with Crippen LogP contribution in [-0.2, 0) is 4.74 Å². The first-order valence-corrected chi connectivity index (χ1v) is 12.7. The molecule has 1 aliphatic rings. The van der Waals surface area contributed by atoms with Crippen LogP contribution in [0.2, 0.25) is 4.34 Å². The Labute approximate surface area is 200 Å². The second-order valence-corrected chi connectivity index (χ2v) is 10.5. The fourth-order valence-electron chi connectivity index (χ4n) is 3.72. The van der Waals surface area contributed by atoms with Gasteiger partial charge in [0.05, 0.1) is 14.9 Å². The Hall–Kier alpha value is -2.60. The zero-order chi connectivity index (χ0) is 22.1. The van der Waals surface area contributed by atoms with Crippen molar-refractivity contribution >= 4 is 46.1 Å². The van der Waals surface area contributed by atoms with Gasteiger partial charge < -0.3 is 4.74 Å². The molecule has 0 unspecified atom stereocenters. The van der Waals surface area contributed by atoms with Gasteiger partial charge in [0.1, 0.15) is 6.10 Å². The quantitative estimate of drug-likeness (QED) is 0.299. The number of thiophene rings is 2. The molecule has 1 fully saturated rings. The SMILES string of the molecule is C[C@@H](OC(=O)Nc1cc(Cl)sc1-c1ccc(-c2ccc(C3CC3)cc2)cc1)c1ccsc1. The van der Waals surface area contributed by atoms with Crippen LogP contribution >= 0.6 is 34.3 Å². The van der Waals surface area contributed by atoms with Crippen LogP contribution in [0, 0.1) is 0 Å². The van der Waals surface area contributed by atoms with E-state index in [1.807, 2.05) is 23.8 Å². The molecule has 5 rings (SSSR count). The maximum absolute atomic E-state index is 12.5. The summed E-state index contributed by atoms with van der Waals surface area (Å²) in [6.45, 7) is 1.86. The monoisotopic (exact) mass is 479 g/mol. The summed E-state index contributed by atoms with van der Waals surface area (Å²) in [7, 11) is 0. The van der Waals surface area contributed by atoms with Crippen LogP contribution in [0.15, 0.2) is 71.4 Å². The third-order valence-corrected chi connectivity index (χ3v) is 7.69. The predicted octanol–water partition coefficient (Wildman–Crippen LogP) is 8.98. The summed E-state index contributed by atoms with van der Waals surface area (Å²) < 4.78 is 6.14.